The lowest BCUT2D eigenvalue weighted by Gasteiger charge is -2.70. The van der Waals surface area contributed by atoms with Gasteiger partial charge in [-0.25, -0.2) is 0 Å². The summed E-state index contributed by atoms with van der Waals surface area (Å²) in [6.45, 7) is 18.8. The molecule has 0 heterocycles. The first-order chi connectivity index (χ1) is 15.9. The molecule has 4 fully saturated rings. The lowest BCUT2D eigenvalue weighted by atomic mass is 9.35. The Bertz CT molecular complexity index is 852. The third kappa shape index (κ3) is 3.58. The standard InChI is InChI=1S/C30H52O5/c1-18(2)19(31)9-14-29(8,34)30(35)16-15-28(7)24(30)20(32)17-22-26(5)12-11-23(33)25(3,4)21(26)10-13-27(22,28)6/h19-24,31-35H,1,9-17H2,2-8H3/t19-,20-,21+,22-,23-,24-,26+,27-,28-,29+,30-/m1/s1. The summed E-state index contributed by atoms with van der Waals surface area (Å²) in [5.74, 6) is 0.279. The molecule has 0 spiro atoms. The predicted molar refractivity (Wildman–Crippen MR) is 139 cm³/mol. The minimum atomic E-state index is -1.42. The van der Waals surface area contributed by atoms with Crippen molar-refractivity contribution in [2.75, 3.05) is 0 Å². The Kier molecular flexibility index (Phi) is 6.51. The zero-order valence-electron chi connectivity index (χ0n) is 23.3. The molecule has 4 aliphatic rings. The smallest absolute Gasteiger partial charge is 0.0988 e. The first-order valence-electron chi connectivity index (χ1n) is 14.0. The molecule has 5 heteroatoms. The van der Waals surface area contributed by atoms with E-state index in [1.54, 1.807) is 13.8 Å². The van der Waals surface area contributed by atoms with Gasteiger partial charge in [0.1, 0.15) is 0 Å². The Hall–Kier alpha value is -0.460. The molecule has 5 nitrogen and oxygen atoms in total. The summed E-state index contributed by atoms with van der Waals surface area (Å²) in [6, 6.07) is 0. The van der Waals surface area contributed by atoms with Gasteiger partial charge in [-0.15, -0.1) is 0 Å². The monoisotopic (exact) mass is 492 g/mol. The van der Waals surface area contributed by atoms with Crippen molar-refractivity contribution < 1.29 is 25.5 Å². The van der Waals surface area contributed by atoms with E-state index in [2.05, 4.69) is 41.2 Å². The van der Waals surface area contributed by atoms with Gasteiger partial charge in [0.2, 0.25) is 0 Å². The van der Waals surface area contributed by atoms with E-state index in [4.69, 9.17) is 0 Å². The SMILES string of the molecule is C=C(C)[C@H](O)CC[C@](C)(O)[C@@]1(O)CC[C@]2(C)[C@H]1[C@H](O)C[C@@H]1[C@@]3(C)CC[C@@H](O)C(C)(C)[C@@H]3CC[C@]12C. The molecule has 0 bridgehead atoms. The van der Waals surface area contributed by atoms with Gasteiger partial charge in [0.25, 0.3) is 0 Å². The van der Waals surface area contributed by atoms with Crippen LogP contribution in [0.3, 0.4) is 0 Å². The van der Waals surface area contributed by atoms with Gasteiger partial charge in [-0.05, 0) is 105 Å². The van der Waals surface area contributed by atoms with E-state index < -0.39 is 29.3 Å². The molecule has 0 unspecified atom stereocenters. The minimum absolute atomic E-state index is 0.0273. The second-order valence-corrected chi connectivity index (χ2v) is 14.7. The molecule has 4 rings (SSSR count). The number of rotatable bonds is 5. The van der Waals surface area contributed by atoms with E-state index >= 15 is 0 Å². The van der Waals surface area contributed by atoms with Crippen molar-refractivity contribution in [1.29, 1.82) is 0 Å². The van der Waals surface area contributed by atoms with Gasteiger partial charge < -0.3 is 25.5 Å². The van der Waals surface area contributed by atoms with Gasteiger partial charge in [-0.3, -0.25) is 0 Å². The second kappa shape index (κ2) is 8.27. The molecule has 4 aliphatic carbocycles. The molecule has 11 atom stereocenters. The van der Waals surface area contributed by atoms with Crippen molar-refractivity contribution in [2.24, 2.45) is 39.4 Å². The Labute approximate surface area is 213 Å². The Balaban J connectivity index is 1.69. The van der Waals surface area contributed by atoms with Crippen molar-refractivity contribution in [3.63, 3.8) is 0 Å². The van der Waals surface area contributed by atoms with Crippen LogP contribution in [0.2, 0.25) is 0 Å². The summed E-state index contributed by atoms with van der Waals surface area (Å²) >= 11 is 0. The average molecular weight is 493 g/mol. The predicted octanol–water partition coefficient (Wildman–Crippen LogP) is 4.59. The highest BCUT2D eigenvalue weighted by molar-refractivity contribution is 5.24. The van der Waals surface area contributed by atoms with Crippen LogP contribution in [0, 0.1) is 39.4 Å². The molecule has 0 aromatic carbocycles. The fourth-order valence-electron chi connectivity index (χ4n) is 10.3. The van der Waals surface area contributed by atoms with Crippen molar-refractivity contribution >= 4 is 0 Å². The zero-order valence-corrected chi connectivity index (χ0v) is 23.3. The topological polar surface area (TPSA) is 101 Å². The van der Waals surface area contributed by atoms with Gasteiger partial charge in [0, 0.05) is 5.92 Å². The number of fused-ring (bicyclic) bond motifs is 5. The van der Waals surface area contributed by atoms with E-state index in [0.717, 1.165) is 32.1 Å². The van der Waals surface area contributed by atoms with Crippen molar-refractivity contribution in [3.8, 4) is 0 Å². The van der Waals surface area contributed by atoms with Crippen LogP contribution in [0.4, 0.5) is 0 Å². The summed E-state index contributed by atoms with van der Waals surface area (Å²) in [7, 11) is 0. The van der Waals surface area contributed by atoms with Gasteiger partial charge in [0.05, 0.1) is 29.5 Å². The third-order valence-electron chi connectivity index (χ3n) is 12.8. The number of aliphatic hydroxyl groups is 5. The quantitative estimate of drug-likeness (QED) is 0.362. The molecular formula is C30H52O5. The third-order valence-corrected chi connectivity index (χ3v) is 12.8. The number of hydrogen-bond acceptors (Lipinski definition) is 5. The maximum atomic E-state index is 12.2. The number of aliphatic hydroxyl groups excluding tert-OH is 3. The summed E-state index contributed by atoms with van der Waals surface area (Å²) in [6.07, 6.45) is 4.56. The minimum Gasteiger partial charge on any atom is -0.393 e. The van der Waals surface area contributed by atoms with Crippen molar-refractivity contribution in [1.82, 2.24) is 0 Å². The molecule has 0 amide bonds. The Morgan fingerprint density at radius 3 is 2.20 bits per heavy atom. The summed E-state index contributed by atoms with van der Waals surface area (Å²) in [5, 5.41) is 56.7. The average Bonchev–Trinajstić information content (AvgIpc) is 3.06. The highest BCUT2D eigenvalue weighted by Gasteiger charge is 2.74. The summed E-state index contributed by atoms with van der Waals surface area (Å²) < 4.78 is 0. The molecule has 5 N–H and O–H groups in total. The molecule has 0 saturated heterocycles. The van der Waals surface area contributed by atoms with E-state index in [0.29, 0.717) is 36.7 Å². The van der Waals surface area contributed by atoms with Crippen LogP contribution in [-0.2, 0) is 0 Å². The molecule has 0 aromatic heterocycles. The van der Waals surface area contributed by atoms with Crippen LogP contribution in [0.15, 0.2) is 12.2 Å². The van der Waals surface area contributed by atoms with Gasteiger partial charge in [-0.2, -0.15) is 0 Å². The summed E-state index contributed by atoms with van der Waals surface area (Å²) in [4.78, 5) is 0. The fourth-order valence-corrected chi connectivity index (χ4v) is 10.3. The van der Waals surface area contributed by atoms with Crippen molar-refractivity contribution in [2.45, 2.75) is 136 Å². The molecule has 0 aromatic rings. The van der Waals surface area contributed by atoms with Crippen LogP contribution < -0.4 is 0 Å². The van der Waals surface area contributed by atoms with E-state index in [1.807, 2.05) is 0 Å². The van der Waals surface area contributed by atoms with Gasteiger partial charge >= 0.3 is 0 Å². The molecule has 0 radical (unpaired) electrons. The Morgan fingerprint density at radius 1 is 0.971 bits per heavy atom. The maximum Gasteiger partial charge on any atom is 0.0988 e. The lowest BCUT2D eigenvalue weighted by molar-refractivity contribution is -0.271. The van der Waals surface area contributed by atoms with E-state index in [-0.39, 0.29) is 34.2 Å². The van der Waals surface area contributed by atoms with Crippen LogP contribution in [0.25, 0.3) is 0 Å². The normalized spacial score (nSPS) is 51.5. The largest absolute Gasteiger partial charge is 0.393 e. The highest BCUT2D eigenvalue weighted by Crippen LogP contribution is 2.76. The lowest BCUT2D eigenvalue weighted by Crippen LogP contribution is -2.69. The van der Waals surface area contributed by atoms with Crippen LogP contribution >= 0.6 is 0 Å². The Morgan fingerprint density at radius 2 is 1.60 bits per heavy atom. The second-order valence-electron chi connectivity index (χ2n) is 14.7. The molecule has 0 aliphatic heterocycles. The number of hydrogen-bond donors (Lipinski definition) is 5. The van der Waals surface area contributed by atoms with Gasteiger partial charge in [0.15, 0.2) is 0 Å². The first-order valence-corrected chi connectivity index (χ1v) is 14.0. The first kappa shape index (κ1) is 27.6. The van der Waals surface area contributed by atoms with E-state index in [1.165, 1.54) is 0 Å². The molecule has 35 heavy (non-hydrogen) atoms. The van der Waals surface area contributed by atoms with Crippen molar-refractivity contribution in [3.05, 3.63) is 12.2 Å². The zero-order chi connectivity index (χ0) is 26.4. The fraction of sp³-hybridized carbons (Fsp3) is 0.933. The summed E-state index contributed by atoms with van der Waals surface area (Å²) in [5.41, 5.74) is -2.69. The molecular weight excluding hydrogens is 440 g/mol. The maximum absolute atomic E-state index is 12.2. The van der Waals surface area contributed by atoms with Crippen LogP contribution in [-0.4, -0.2) is 55.0 Å². The molecule has 4 saturated carbocycles. The van der Waals surface area contributed by atoms with Crippen LogP contribution in [0.5, 0.6) is 0 Å². The highest BCUT2D eigenvalue weighted by atomic mass is 16.4. The molecule has 202 valence electrons. The van der Waals surface area contributed by atoms with Gasteiger partial charge in [-0.1, -0.05) is 46.8 Å². The van der Waals surface area contributed by atoms with E-state index in [9.17, 15) is 25.5 Å². The van der Waals surface area contributed by atoms with Crippen LogP contribution in [0.1, 0.15) is 106 Å².